The van der Waals surface area contributed by atoms with Crippen molar-refractivity contribution in [1.29, 1.82) is 0 Å². The van der Waals surface area contributed by atoms with Gasteiger partial charge in [-0.25, -0.2) is 0 Å². The summed E-state index contributed by atoms with van der Waals surface area (Å²) < 4.78 is 5.25. The van der Waals surface area contributed by atoms with E-state index < -0.39 is 5.25 Å². The van der Waals surface area contributed by atoms with Gasteiger partial charge in [0.2, 0.25) is 11.8 Å². The second-order valence-electron chi connectivity index (χ2n) is 7.01. The molecule has 1 saturated heterocycles. The fraction of sp³-hybridized carbons (Fsp3) is 0.227. The molecule has 1 atom stereocenters. The number of carbonyl (C=O) groups is 3. The summed E-state index contributed by atoms with van der Waals surface area (Å²) in [5, 5.41) is 8.41. The molecular formula is C22H22ClN3O4S. The number of amides is 3. The summed E-state index contributed by atoms with van der Waals surface area (Å²) >= 11 is 7.23. The van der Waals surface area contributed by atoms with E-state index in [1.54, 1.807) is 24.3 Å². The van der Waals surface area contributed by atoms with E-state index in [2.05, 4.69) is 16.0 Å². The number of nitrogens with one attached hydrogen (secondary N) is 3. The van der Waals surface area contributed by atoms with E-state index in [4.69, 9.17) is 16.3 Å². The van der Waals surface area contributed by atoms with Crippen LogP contribution >= 0.6 is 23.4 Å². The molecule has 0 aromatic heterocycles. The summed E-state index contributed by atoms with van der Waals surface area (Å²) in [4.78, 5) is 36.9. The zero-order valence-corrected chi connectivity index (χ0v) is 18.8. The number of benzene rings is 2. The first kappa shape index (κ1) is 22.7. The van der Waals surface area contributed by atoms with Gasteiger partial charge in [-0.3, -0.25) is 14.4 Å². The maximum atomic E-state index is 12.5. The Balaban J connectivity index is 1.59. The van der Waals surface area contributed by atoms with Crippen LogP contribution in [0.2, 0.25) is 5.02 Å². The monoisotopic (exact) mass is 459 g/mol. The quantitative estimate of drug-likeness (QED) is 0.567. The lowest BCUT2D eigenvalue weighted by Crippen LogP contribution is -2.27. The minimum atomic E-state index is -0.641. The van der Waals surface area contributed by atoms with Crippen LogP contribution in [0.25, 0.3) is 0 Å². The molecule has 0 radical (unpaired) electrons. The molecule has 0 unspecified atom stereocenters. The third-order valence-corrected chi connectivity index (χ3v) is 6.06. The van der Waals surface area contributed by atoms with Gasteiger partial charge in [0.25, 0.3) is 5.91 Å². The van der Waals surface area contributed by atoms with Crippen molar-refractivity contribution < 1.29 is 19.1 Å². The number of methoxy groups -OCH3 is 1. The van der Waals surface area contributed by atoms with Gasteiger partial charge < -0.3 is 20.7 Å². The zero-order valence-electron chi connectivity index (χ0n) is 17.2. The summed E-state index contributed by atoms with van der Waals surface area (Å²) in [6.07, 6.45) is 1.25. The second kappa shape index (κ2) is 9.89. The number of hydrogen-bond donors (Lipinski definition) is 3. The minimum absolute atomic E-state index is 0.0573. The van der Waals surface area contributed by atoms with Gasteiger partial charge in [-0.05, 0) is 37.6 Å². The predicted octanol–water partition coefficient (Wildman–Crippen LogP) is 4.01. The summed E-state index contributed by atoms with van der Waals surface area (Å²) in [6, 6.07) is 10.7. The normalized spacial score (nSPS) is 16.7. The third kappa shape index (κ3) is 6.02. The molecule has 3 rings (SSSR count). The average molecular weight is 460 g/mol. The molecule has 3 N–H and O–H groups in total. The van der Waals surface area contributed by atoms with E-state index in [0.29, 0.717) is 27.2 Å². The lowest BCUT2D eigenvalue weighted by Gasteiger charge is -2.13. The molecule has 3 amide bonds. The van der Waals surface area contributed by atoms with Gasteiger partial charge in [0, 0.05) is 29.3 Å². The van der Waals surface area contributed by atoms with Gasteiger partial charge >= 0.3 is 0 Å². The fourth-order valence-corrected chi connectivity index (χ4v) is 4.07. The summed E-state index contributed by atoms with van der Waals surface area (Å²) in [6.45, 7) is 3.77. The molecule has 1 fully saturated rings. The van der Waals surface area contributed by atoms with E-state index in [1.165, 1.54) is 13.2 Å². The molecule has 1 aliphatic rings. The molecular weight excluding hydrogens is 438 g/mol. The van der Waals surface area contributed by atoms with Gasteiger partial charge in [-0.2, -0.15) is 0 Å². The van der Waals surface area contributed by atoms with Crippen LogP contribution in [0.15, 0.2) is 47.5 Å². The largest absolute Gasteiger partial charge is 0.495 e. The predicted molar refractivity (Wildman–Crippen MR) is 123 cm³/mol. The molecule has 0 saturated carbocycles. The Hall–Kier alpha value is -2.97. The molecule has 31 heavy (non-hydrogen) atoms. The Morgan fingerprint density at radius 3 is 2.58 bits per heavy atom. The number of hydrogen-bond acceptors (Lipinski definition) is 5. The van der Waals surface area contributed by atoms with Crippen LogP contribution in [0.3, 0.4) is 0 Å². The van der Waals surface area contributed by atoms with Crippen LogP contribution in [0.1, 0.15) is 17.5 Å². The Bertz CT molecular complexity index is 1050. The first-order chi connectivity index (χ1) is 14.7. The van der Waals surface area contributed by atoms with Crippen LogP contribution < -0.4 is 20.7 Å². The number of anilines is 2. The van der Waals surface area contributed by atoms with Gasteiger partial charge in [-0.15, -0.1) is 0 Å². The average Bonchev–Trinajstić information content (AvgIpc) is 3.04. The van der Waals surface area contributed by atoms with Crippen LogP contribution in [0, 0.1) is 13.8 Å². The van der Waals surface area contributed by atoms with E-state index in [0.717, 1.165) is 22.9 Å². The van der Waals surface area contributed by atoms with Crippen molar-refractivity contribution in [3.05, 3.63) is 63.7 Å². The Morgan fingerprint density at radius 2 is 1.90 bits per heavy atom. The molecule has 9 heteroatoms. The highest BCUT2D eigenvalue weighted by atomic mass is 35.5. The van der Waals surface area contributed by atoms with Crippen molar-refractivity contribution in [2.45, 2.75) is 25.5 Å². The van der Waals surface area contributed by atoms with Crippen LogP contribution in [-0.4, -0.2) is 30.1 Å². The van der Waals surface area contributed by atoms with Crippen molar-refractivity contribution in [2.24, 2.45) is 0 Å². The van der Waals surface area contributed by atoms with Gasteiger partial charge in [-0.1, -0.05) is 41.1 Å². The third-order valence-electron chi connectivity index (χ3n) is 4.51. The highest BCUT2D eigenvalue weighted by Gasteiger charge is 2.31. The molecule has 0 bridgehead atoms. The van der Waals surface area contributed by atoms with Gasteiger partial charge in [0.05, 0.1) is 23.1 Å². The second-order valence-corrected chi connectivity index (χ2v) is 8.67. The number of ether oxygens (including phenoxy) is 1. The molecule has 1 aliphatic heterocycles. The summed E-state index contributed by atoms with van der Waals surface area (Å²) in [5.41, 5.74) is 3.01. The van der Waals surface area contributed by atoms with Gasteiger partial charge in [0.15, 0.2) is 0 Å². The number of thioether (sulfide) groups is 1. The van der Waals surface area contributed by atoms with Crippen molar-refractivity contribution in [2.75, 3.05) is 17.7 Å². The van der Waals surface area contributed by atoms with E-state index >= 15 is 0 Å². The molecule has 162 valence electrons. The smallest absolute Gasteiger partial charge is 0.250 e. The van der Waals surface area contributed by atoms with Crippen molar-refractivity contribution in [1.82, 2.24) is 5.32 Å². The first-order valence-electron chi connectivity index (χ1n) is 9.46. The topological polar surface area (TPSA) is 96.5 Å². The highest BCUT2D eigenvalue weighted by Crippen LogP contribution is 2.33. The maximum Gasteiger partial charge on any atom is 0.250 e. The zero-order chi connectivity index (χ0) is 22.5. The lowest BCUT2D eigenvalue weighted by molar-refractivity contribution is -0.122. The van der Waals surface area contributed by atoms with Crippen molar-refractivity contribution >= 4 is 52.5 Å². The first-order valence-corrected chi connectivity index (χ1v) is 10.7. The highest BCUT2D eigenvalue weighted by molar-refractivity contribution is 8.04. The Morgan fingerprint density at radius 1 is 1.19 bits per heavy atom. The van der Waals surface area contributed by atoms with E-state index in [9.17, 15) is 14.4 Å². The van der Waals surface area contributed by atoms with Gasteiger partial charge in [0.1, 0.15) is 5.75 Å². The van der Waals surface area contributed by atoms with E-state index in [-0.39, 0.29) is 24.1 Å². The lowest BCUT2D eigenvalue weighted by atomic mass is 10.2. The molecule has 2 aromatic rings. The van der Waals surface area contributed by atoms with Crippen LogP contribution in [0.5, 0.6) is 5.75 Å². The number of carbonyl (C=O) groups excluding carboxylic acids is 3. The van der Waals surface area contributed by atoms with Crippen LogP contribution in [-0.2, 0) is 14.4 Å². The summed E-state index contributed by atoms with van der Waals surface area (Å²) in [7, 11) is 1.48. The standard InChI is InChI=1S/C22H22ClN3O4S/c1-12-4-6-14(7-5-12)24-20(28)11-21-26-22(29)18(31-21)10-19(27)25-16-8-13(2)15(23)9-17(16)30-3/h4-9,11,18H,10H2,1-3H3,(H,24,28)(H,25,27)(H,26,29)/b21-11+/t18-/m1/s1. The van der Waals surface area contributed by atoms with E-state index in [1.807, 2.05) is 26.0 Å². The Labute approximate surface area is 189 Å². The number of rotatable bonds is 6. The fourth-order valence-electron chi connectivity index (χ4n) is 2.88. The number of aryl methyl sites for hydroxylation is 2. The summed E-state index contributed by atoms with van der Waals surface area (Å²) in [5.74, 6) is -0.606. The molecule has 1 heterocycles. The maximum absolute atomic E-state index is 12.5. The van der Waals surface area contributed by atoms with Crippen LogP contribution in [0.4, 0.5) is 11.4 Å². The minimum Gasteiger partial charge on any atom is -0.495 e. The molecule has 0 aliphatic carbocycles. The Kier molecular flexibility index (Phi) is 7.25. The van der Waals surface area contributed by atoms with Crippen molar-refractivity contribution in [3.63, 3.8) is 0 Å². The molecule has 7 nitrogen and oxygen atoms in total. The molecule has 0 spiro atoms. The molecule has 2 aromatic carbocycles. The van der Waals surface area contributed by atoms with Crippen molar-refractivity contribution in [3.8, 4) is 5.75 Å². The SMILES string of the molecule is COc1cc(Cl)c(C)cc1NC(=O)C[C@H]1S/C(=C/C(=O)Nc2ccc(C)cc2)NC1=O. The number of halogens is 1.